The van der Waals surface area contributed by atoms with E-state index in [1.165, 1.54) is 0 Å². The summed E-state index contributed by atoms with van der Waals surface area (Å²) in [7, 11) is 3.86. The van der Waals surface area contributed by atoms with Crippen molar-refractivity contribution in [1.82, 2.24) is 29.5 Å². The van der Waals surface area contributed by atoms with Gasteiger partial charge in [0, 0.05) is 33.2 Å². The second-order valence-electron chi connectivity index (χ2n) is 8.31. The average Bonchev–Trinajstić information content (AvgIpc) is 3.11. The summed E-state index contributed by atoms with van der Waals surface area (Å²) in [6.45, 7) is 8.04. The van der Waals surface area contributed by atoms with E-state index in [0.29, 0.717) is 46.4 Å². The zero-order valence-electron chi connectivity index (χ0n) is 19.8. The largest absolute Gasteiger partial charge is 0.493 e. The molecule has 3 aromatic rings. The number of guanidine groups is 1. The number of H-pyrrole nitrogens is 1. The van der Waals surface area contributed by atoms with Crippen LogP contribution in [0, 0.1) is 0 Å². The van der Waals surface area contributed by atoms with Crippen LogP contribution in [0.3, 0.4) is 0 Å². The number of likely N-dealkylation sites (N-methyl/N-ethyl adjacent to an activating group) is 1. The summed E-state index contributed by atoms with van der Waals surface area (Å²) in [5, 5.41) is 4.50. The van der Waals surface area contributed by atoms with Crippen molar-refractivity contribution in [3.63, 3.8) is 0 Å². The molecule has 4 rings (SSSR count). The van der Waals surface area contributed by atoms with E-state index in [1.54, 1.807) is 11.7 Å². The number of fused-ring (bicyclic) bond motifs is 1. The fraction of sp³-hybridized carbons (Fsp3) is 0.478. The van der Waals surface area contributed by atoms with Crippen LogP contribution >= 0.6 is 0 Å². The number of aromatic amines is 1. The minimum absolute atomic E-state index is 0.236. The van der Waals surface area contributed by atoms with Gasteiger partial charge >= 0.3 is 0 Å². The Morgan fingerprint density at radius 1 is 1.21 bits per heavy atom. The first-order valence-corrected chi connectivity index (χ1v) is 11.4. The number of ether oxygens (including phenoxy) is 1. The van der Waals surface area contributed by atoms with E-state index < -0.39 is 0 Å². The number of nitrogens with one attached hydrogen (secondary N) is 1. The van der Waals surface area contributed by atoms with E-state index >= 15 is 0 Å². The zero-order chi connectivity index (χ0) is 23.5. The molecule has 10 heteroatoms. The molecule has 33 heavy (non-hydrogen) atoms. The molecule has 1 aromatic carbocycles. The fourth-order valence-corrected chi connectivity index (χ4v) is 4.07. The van der Waals surface area contributed by atoms with E-state index in [2.05, 4.69) is 38.8 Å². The number of hydrogen-bond acceptors (Lipinski definition) is 6. The summed E-state index contributed by atoms with van der Waals surface area (Å²) in [6.07, 6.45) is 1.66. The standard InChI is InChI=1S/C23H32N8O2/c1-5-7-17-19-20(30(4)28-17)22(32)27-21(26-19)16-14-15(8-9-18(16)33-6-2)25-23(24)31-12-10-29(3)11-13-31/h8-9,14H,5-7,10-13H2,1-4H3,(H2,24,25)(H,26,27,32). The quantitative estimate of drug-likeness (QED) is 0.433. The Kier molecular flexibility index (Phi) is 6.64. The van der Waals surface area contributed by atoms with E-state index in [0.717, 1.165) is 44.7 Å². The van der Waals surface area contributed by atoms with Gasteiger partial charge in [0.1, 0.15) is 17.1 Å². The second kappa shape index (κ2) is 9.62. The van der Waals surface area contributed by atoms with E-state index in [-0.39, 0.29) is 5.56 Å². The predicted octanol–water partition coefficient (Wildman–Crippen LogP) is 1.87. The maximum absolute atomic E-state index is 12.9. The van der Waals surface area contributed by atoms with Gasteiger partial charge in [-0.2, -0.15) is 5.10 Å². The molecule has 10 nitrogen and oxygen atoms in total. The number of benzene rings is 1. The lowest BCUT2D eigenvalue weighted by Crippen LogP contribution is -2.49. The van der Waals surface area contributed by atoms with Gasteiger partial charge in [0.05, 0.1) is 23.6 Å². The normalized spacial score (nSPS) is 15.4. The van der Waals surface area contributed by atoms with Crippen molar-refractivity contribution in [1.29, 1.82) is 0 Å². The number of rotatable bonds is 6. The molecule has 1 saturated heterocycles. The maximum atomic E-state index is 12.9. The lowest BCUT2D eigenvalue weighted by atomic mass is 10.1. The Labute approximate surface area is 193 Å². The van der Waals surface area contributed by atoms with Gasteiger partial charge in [0.2, 0.25) is 0 Å². The lowest BCUT2D eigenvalue weighted by molar-refractivity contribution is 0.214. The third-order valence-corrected chi connectivity index (χ3v) is 5.84. The number of aliphatic imine (C=N–C) groups is 1. The monoisotopic (exact) mass is 452 g/mol. The van der Waals surface area contributed by atoms with Crippen molar-refractivity contribution in [3.05, 3.63) is 34.2 Å². The number of hydrogen-bond donors (Lipinski definition) is 2. The van der Waals surface area contributed by atoms with E-state index in [4.69, 9.17) is 15.5 Å². The van der Waals surface area contributed by atoms with Crippen LogP contribution < -0.4 is 16.0 Å². The van der Waals surface area contributed by atoms with Gasteiger partial charge in [-0.25, -0.2) is 9.98 Å². The Bertz CT molecular complexity index is 1220. The van der Waals surface area contributed by atoms with Crippen molar-refractivity contribution in [2.45, 2.75) is 26.7 Å². The molecule has 0 aliphatic carbocycles. The molecule has 3 N–H and O–H groups in total. The molecular weight excluding hydrogens is 420 g/mol. The topological polar surface area (TPSA) is 118 Å². The average molecular weight is 453 g/mol. The minimum Gasteiger partial charge on any atom is -0.493 e. The summed E-state index contributed by atoms with van der Waals surface area (Å²) in [5.74, 6) is 1.53. The highest BCUT2D eigenvalue weighted by Gasteiger charge is 2.19. The Hall–Kier alpha value is -3.40. The highest BCUT2D eigenvalue weighted by Crippen LogP contribution is 2.32. The van der Waals surface area contributed by atoms with Gasteiger partial charge in [-0.3, -0.25) is 9.48 Å². The summed E-state index contributed by atoms with van der Waals surface area (Å²) in [5.41, 5.74) is 9.30. The number of aryl methyl sites for hydroxylation is 2. The summed E-state index contributed by atoms with van der Waals surface area (Å²) in [6, 6.07) is 5.56. The smallest absolute Gasteiger partial charge is 0.277 e. The van der Waals surface area contributed by atoms with Crippen LogP contribution in [0.4, 0.5) is 5.69 Å². The zero-order valence-corrected chi connectivity index (χ0v) is 19.8. The van der Waals surface area contributed by atoms with Gasteiger partial charge in [-0.1, -0.05) is 13.3 Å². The molecule has 1 aliphatic rings. The molecule has 176 valence electrons. The first kappa shape index (κ1) is 22.8. The molecule has 0 amide bonds. The third kappa shape index (κ3) is 4.70. The third-order valence-electron chi connectivity index (χ3n) is 5.84. The summed E-state index contributed by atoms with van der Waals surface area (Å²) >= 11 is 0. The van der Waals surface area contributed by atoms with Crippen LogP contribution in [0.25, 0.3) is 22.4 Å². The maximum Gasteiger partial charge on any atom is 0.277 e. The molecule has 0 radical (unpaired) electrons. The molecular formula is C23H32N8O2. The van der Waals surface area contributed by atoms with Crippen molar-refractivity contribution in [2.75, 3.05) is 39.8 Å². The van der Waals surface area contributed by atoms with E-state index in [1.807, 2.05) is 25.1 Å². The summed E-state index contributed by atoms with van der Waals surface area (Å²) < 4.78 is 7.43. The Morgan fingerprint density at radius 3 is 2.67 bits per heavy atom. The van der Waals surface area contributed by atoms with Crippen LogP contribution in [0.15, 0.2) is 28.0 Å². The molecule has 2 aromatic heterocycles. The van der Waals surface area contributed by atoms with E-state index in [9.17, 15) is 4.79 Å². The molecule has 3 heterocycles. The highest BCUT2D eigenvalue weighted by atomic mass is 16.5. The lowest BCUT2D eigenvalue weighted by Gasteiger charge is -2.33. The second-order valence-corrected chi connectivity index (χ2v) is 8.31. The number of aromatic nitrogens is 4. The number of nitrogens with two attached hydrogens (primary N) is 1. The van der Waals surface area contributed by atoms with Crippen LogP contribution in [-0.2, 0) is 13.5 Å². The number of nitrogens with zero attached hydrogens (tertiary/aromatic N) is 6. The predicted molar refractivity (Wildman–Crippen MR) is 130 cm³/mol. The molecule has 1 aliphatic heterocycles. The first-order chi connectivity index (χ1) is 15.9. The van der Waals surface area contributed by atoms with Crippen molar-refractivity contribution in [3.8, 4) is 17.1 Å². The van der Waals surface area contributed by atoms with Crippen LogP contribution in [0.1, 0.15) is 26.0 Å². The van der Waals surface area contributed by atoms with Gasteiger partial charge in [-0.15, -0.1) is 0 Å². The van der Waals surface area contributed by atoms with Crippen LogP contribution in [0.5, 0.6) is 5.75 Å². The summed E-state index contributed by atoms with van der Waals surface area (Å²) in [4.78, 5) is 29.6. The van der Waals surface area contributed by atoms with Crippen LogP contribution in [0.2, 0.25) is 0 Å². The molecule has 0 saturated carbocycles. The van der Waals surface area contributed by atoms with Gasteiger partial charge in [0.15, 0.2) is 11.5 Å². The van der Waals surface area contributed by atoms with Gasteiger partial charge < -0.3 is 25.3 Å². The molecule has 0 atom stereocenters. The Morgan fingerprint density at radius 2 is 1.97 bits per heavy atom. The van der Waals surface area contributed by atoms with Crippen molar-refractivity contribution >= 4 is 22.7 Å². The van der Waals surface area contributed by atoms with Crippen LogP contribution in [-0.4, -0.2) is 75.3 Å². The minimum atomic E-state index is -0.236. The fourth-order valence-electron chi connectivity index (χ4n) is 4.07. The Balaban J connectivity index is 1.78. The molecule has 0 bridgehead atoms. The van der Waals surface area contributed by atoms with Gasteiger partial charge in [-0.05, 0) is 38.6 Å². The highest BCUT2D eigenvalue weighted by molar-refractivity contribution is 5.83. The molecule has 0 spiro atoms. The van der Waals surface area contributed by atoms with Crippen molar-refractivity contribution in [2.24, 2.45) is 17.8 Å². The molecule has 0 unspecified atom stereocenters. The molecule has 1 fully saturated rings. The number of piperazine rings is 1. The SMILES string of the molecule is CCCc1nn(C)c2c(=O)[nH]c(-c3cc(N=C(N)N4CCN(C)CC4)ccc3OCC)nc12. The van der Waals surface area contributed by atoms with Crippen molar-refractivity contribution < 1.29 is 4.74 Å². The first-order valence-electron chi connectivity index (χ1n) is 11.4. The van der Waals surface area contributed by atoms with Gasteiger partial charge in [0.25, 0.3) is 5.56 Å².